The van der Waals surface area contributed by atoms with Gasteiger partial charge in [0.1, 0.15) is 11.6 Å². The van der Waals surface area contributed by atoms with Gasteiger partial charge in [0, 0.05) is 12.6 Å². The molecule has 1 aliphatic rings. The third-order valence-corrected chi connectivity index (χ3v) is 2.81. The van der Waals surface area contributed by atoms with Crippen molar-refractivity contribution in [2.45, 2.75) is 58.2 Å². The van der Waals surface area contributed by atoms with Crippen LogP contribution in [0.2, 0.25) is 0 Å². The minimum atomic E-state index is -0.599. The number of piperidine rings is 1. The second kappa shape index (κ2) is 6.23. The van der Waals surface area contributed by atoms with Crippen molar-refractivity contribution in [2.75, 3.05) is 13.2 Å². The number of amides is 1. The van der Waals surface area contributed by atoms with Crippen LogP contribution in [-0.4, -0.2) is 47.8 Å². The van der Waals surface area contributed by atoms with Crippen molar-refractivity contribution in [3.05, 3.63) is 0 Å². The molecule has 1 amide bonds. The zero-order chi connectivity index (χ0) is 14.6. The average molecular weight is 272 g/mol. The highest BCUT2D eigenvalue weighted by molar-refractivity contribution is 5.81. The summed E-state index contributed by atoms with van der Waals surface area (Å²) in [6.45, 7) is 7.71. The summed E-state index contributed by atoms with van der Waals surface area (Å²) < 4.78 is 10.3. The molecule has 1 heterocycles. The van der Waals surface area contributed by atoms with E-state index in [2.05, 4.69) is 0 Å². The molecule has 1 aliphatic heterocycles. The van der Waals surface area contributed by atoms with E-state index in [0.717, 1.165) is 0 Å². The van der Waals surface area contributed by atoms with Gasteiger partial charge in [0.25, 0.3) is 0 Å². The first-order valence-corrected chi connectivity index (χ1v) is 6.66. The van der Waals surface area contributed by atoms with Gasteiger partial charge in [-0.2, -0.15) is 0 Å². The molecule has 0 aromatic heterocycles. The maximum atomic E-state index is 12.1. The molecule has 110 valence electrons. The Hall–Kier alpha value is -1.30. The van der Waals surface area contributed by atoms with Crippen molar-refractivity contribution in [2.24, 2.45) is 5.73 Å². The van der Waals surface area contributed by atoms with Crippen molar-refractivity contribution < 1.29 is 19.1 Å². The Balaban J connectivity index is 2.78. The molecule has 2 N–H and O–H groups in total. The van der Waals surface area contributed by atoms with Gasteiger partial charge in [-0.15, -0.1) is 0 Å². The second-order valence-corrected chi connectivity index (χ2v) is 5.74. The van der Waals surface area contributed by atoms with Crippen molar-refractivity contribution in [3.63, 3.8) is 0 Å². The summed E-state index contributed by atoms with van der Waals surface area (Å²) in [6.07, 6.45) is 0.697. The molecule has 0 radical (unpaired) electrons. The van der Waals surface area contributed by atoms with Crippen LogP contribution in [0.4, 0.5) is 4.79 Å². The second-order valence-electron chi connectivity index (χ2n) is 5.74. The highest BCUT2D eigenvalue weighted by Crippen LogP contribution is 2.21. The first-order valence-electron chi connectivity index (χ1n) is 6.66. The van der Waals surface area contributed by atoms with Gasteiger partial charge >= 0.3 is 12.1 Å². The molecule has 0 aromatic carbocycles. The van der Waals surface area contributed by atoms with Crippen molar-refractivity contribution >= 4 is 12.1 Å². The van der Waals surface area contributed by atoms with E-state index in [-0.39, 0.29) is 12.0 Å². The third kappa shape index (κ3) is 4.70. The number of esters is 1. The Morgan fingerprint density at radius 2 is 1.95 bits per heavy atom. The first-order chi connectivity index (χ1) is 8.74. The molecule has 0 spiro atoms. The van der Waals surface area contributed by atoms with E-state index in [1.807, 2.05) is 0 Å². The zero-order valence-corrected chi connectivity index (χ0v) is 12.1. The van der Waals surface area contributed by atoms with Crippen molar-refractivity contribution in [3.8, 4) is 0 Å². The molecule has 1 saturated heterocycles. The number of nitrogens with two attached hydrogens (primary N) is 1. The molecule has 19 heavy (non-hydrogen) atoms. The third-order valence-electron chi connectivity index (χ3n) is 2.81. The number of likely N-dealkylation sites (tertiary alicyclic amines) is 1. The number of hydrogen-bond acceptors (Lipinski definition) is 5. The lowest BCUT2D eigenvalue weighted by Crippen LogP contribution is -2.55. The summed E-state index contributed by atoms with van der Waals surface area (Å²) in [6, 6.07) is -0.715. The molecule has 0 saturated carbocycles. The van der Waals surface area contributed by atoms with Crippen LogP contribution in [0.3, 0.4) is 0 Å². The van der Waals surface area contributed by atoms with Crippen LogP contribution in [0.25, 0.3) is 0 Å². The highest BCUT2D eigenvalue weighted by atomic mass is 16.6. The van der Waals surface area contributed by atoms with Crippen LogP contribution < -0.4 is 5.73 Å². The lowest BCUT2D eigenvalue weighted by molar-refractivity contribution is -0.150. The monoisotopic (exact) mass is 272 g/mol. The molecule has 0 bridgehead atoms. The molecule has 1 rings (SSSR count). The standard InChI is InChI=1S/C13H24N2O4/c1-5-18-11(16)10-7-6-9(14)8-15(10)12(17)19-13(2,3)4/h9-10H,5-8,14H2,1-4H3. The van der Waals surface area contributed by atoms with E-state index in [1.165, 1.54) is 4.90 Å². The van der Waals surface area contributed by atoms with E-state index in [0.29, 0.717) is 26.0 Å². The highest BCUT2D eigenvalue weighted by Gasteiger charge is 2.37. The summed E-state index contributed by atoms with van der Waals surface area (Å²) in [7, 11) is 0. The molecule has 2 atom stereocenters. The molecular weight excluding hydrogens is 248 g/mol. The fourth-order valence-corrected chi connectivity index (χ4v) is 2.00. The van der Waals surface area contributed by atoms with Gasteiger partial charge in [0.2, 0.25) is 0 Å². The average Bonchev–Trinajstić information content (AvgIpc) is 2.26. The number of nitrogens with zero attached hydrogens (tertiary/aromatic N) is 1. The number of carbonyl (C=O) groups excluding carboxylic acids is 2. The molecule has 0 aliphatic carbocycles. The zero-order valence-electron chi connectivity index (χ0n) is 12.1. The van der Waals surface area contributed by atoms with Crippen LogP contribution in [-0.2, 0) is 14.3 Å². The Bertz CT molecular complexity index is 338. The summed E-state index contributed by atoms with van der Waals surface area (Å²) in [5.74, 6) is -0.389. The summed E-state index contributed by atoms with van der Waals surface area (Å²) in [5, 5.41) is 0. The van der Waals surface area contributed by atoms with Crippen molar-refractivity contribution in [1.29, 1.82) is 0 Å². The van der Waals surface area contributed by atoms with Gasteiger partial charge in [-0.25, -0.2) is 9.59 Å². The Kier molecular flexibility index (Phi) is 5.17. The van der Waals surface area contributed by atoms with Gasteiger partial charge in [-0.1, -0.05) is 0 Å². The number of carbonyl (C=O) groups is 2. The number of rotatable bonds is 2. The van der Waals surface area contributed by atoms with Gasteiger partial charge in [-0.05, 0) is 40.5 Å². The molecule has 2 unspecified atom stereocenters. The van der Waals surface area contributed by atoms with E-state index >= 15 is 0 Å². The van der Waals surface area contributed by atoms with Crippen LogP contribution in [0, 0.1) is 0 Å². The topological polar surface area (TPSA) is 81.9 Å². The fraction of sp³-hybridized carbons (Fsp3) is 0.846. The SMILES string of the molecule is CCOC(=O)C1CCC(N)CN1C(=O)OC(C)(C)C. The van der Waals surface area contributed by atoms with E-state index in [4.69, 9.17) is 15.2 Å². The molecule has 6 nitrogen and oxygen atoms in total. The predicted molar refractivity (Wildman–Crippen MR) is 70.6 cm³/mol. The normalized spacial score (nSPS) is 23.9. The van der Waals surface area contributed by atoms with Crippen LogP contribution in [0.1, 0.15) is 40.5 Å². The number of hydrogen-bond donors (Lipinski definition) is 1. The molecule has 6 heteroatoms. The Morgan fingerprint density at radius 3 is 2.47 bits per heavy atom. The first kappa shape index (κ1) is 15.8. The molecular formula is C13H24N2O4. The quantitative estimate of drug-likeness (QED) is 0.766. The van der Waals surface area contributed by atoms with Gasteiger partial charge in [0.15, 0.2) is 0 Å². The Morgan fingerprint density at radius 1 is 1.32 bits per heavy atom. The predicted octanol–water partition coefficient (Wildman–Crippen LogP) is 1.28. The van der Waals surface area contributed by atoms with Crippen LogP contribution in [0.15, 0.2) is 0 Å². The molecule has 1 fully saturated rings. The Labute approximate surface area is 114 Å². The van der Waals surface area contributed by atoms with E-state index in [9.17, 15) is 9.59 Å². The van der Waals surface area contributed by atoms with Crippen LogP contribution >= 0.6 is 0 Å². The minimum Gasteiger partial charge on any atom is -0.464 e. The fourth-order valence-electron chi connectivity index (χ4n) is 2.00. The number of ether oxygens (including phenoxy) is 2. The molecule has 0 aromatic rings. The maximum Gasteiger partial charge on any atom is 0.411 e. The van der Waals surface area contributed by atoms with E-state index < -0.39 is 17.7 Å². The van der Waals surface area contributed by atoms with Crippen molar-refractivity contribution in [1.82, 2.24) is 4.90 Å². The summed E-state index contributed by atoms with van der Waals surface area (Å²) >= 11 is 0. The lowest BCUT2D eigenvalue weighted by Gasteiger charge is -2.37. The van der Waals surface area contributed by atoms with E-state index in [1.54, 1.807) is 27.7 Å². The van der Waals surface area contributed by atoms with Gasteiger partial charge in [-0.3, -0.25) is 4.90 Å². The minimum absolute atomic E-state index is 0.127. The van der Waals surface area contributed by atoms with Crippen LogP contribution in [0.5, 0.6) is 0 Å². The summed E-state index contributed by atoms with van der Waals surface area (Å²) in [4.78, 5) is 25.4. The summed E-state index contributed by atoms with van der Waals surface area (Å²) in [5.41, 5.74) is 5.26. The van der Waals surface area contributed by atoms with Gasteiger partial charge < -0.3 is 15.2 Å². The maximum absolute atomic E-state index is 12.1. The smallest absolute Gasteiger partial charge is 0.411 e. The lowest BCUT2D eigenvalue weighted by atomic mass is 9.99. The van der Waals surface area contributed by atoms with Gasteiger partial charge in [0.05, 0.1) is 6.61 Å². The largest absolute Gasteiger partial charge is 0.464 e.